The van der Waals surface area contributed by atoms with E-state index >= 15 is 4.39 Å². The Hall–Kier alpha value is -3.34. The van der Waals surface area contributed by atoms with E-state index in [2.05, 4.69) is 35.9 Å². The van der Waals surface area contributed by atoms with Crippen molar-refractivity contribution in [1.82, 2.24) is 0 Å². The smallest absolute Gasteiger partial charge is 0.204 e. The molecule has 0 amide bonds. The number of hydrogen-bond donors (Lipinski definition) is 0. The summed E-state index contributed by atoms with van der Waals surface area (Å²) >= 11 is 0. The summed E-state index contributed by atoms with van der Waals surface area (Å²) in [4.78, 5) is 0. The maximum absolute atomic E-state index is 15.3. The highest BCUT2D eigenvalue weighted by Crippen LogP contribution is 2.36. The minimum atomic E-state index is -1.48. The van der Waals surface area contributed by atoms with Crippen LogP contribution in [0.1, 0.15) is 49.3 Å². The van der Waals surface area contributed by atoms with Crippen molar-refractivity contribution in [3.05, 3.63) is 101 Å². The number of methoxy groups -OCH3 is 1. The zero-order valence-corrected chi connectivity index (χ0v) is 20.6. The molecule has 0 heterocycles. The second kappa shape index (κ2) is 11.6. The molecule has 0 bridgehead atoms. The number of rotatable bonds is 10. The fourth-order valence-corrected chi connectivity index (χ4v) is 4.58. The monoisotopic (exact) mass is 494 g/mol. The number of aryl methyl sites for hydroxylation is 3. The van der Waals surface area contributed by atoms with Gasteiger partial charge in [-0.15, -0.1) is 0 Å². The largest absolute Gasteiger partial charge is 0.491 e. The molecule has 0 aliphatic heterocycles. The third kappa shape index (κ3) is 5.56. The van der Waals surface area contributed by atoms with Gasteiger partial charge >= 0.3 is 0 Å². The maximum Gasteiger partial charge on any atom is 0.204 e. The lowest BCUT2D eigenvalue weighted by Gasteiger charge is -2.12. The van der Waals surface area contributed by atoms with Crippen LogP contribution in [0, 0.1) is 23.3 Å². The molecule has 0 saturated carbocycles. The van der Waals surface area contributed by atoms with Gasteiger partial charge in [0.15, 0.2) is 17.4 Å². The van der Waals surface area contributed by atoms with E-state index in [9.17, 15) is 13.2 Å². The van der Waals surface area contributed by atoms with Crippen molar-refractivity contribution in [2.75, 3.05) is 7.11 Å². The van der Waals surface area contributed by atoms with Crippen LogP contribution >= 0.6 is 0 Å². The van der Waals surface area contributed by atoms with Gasteiger partial charge in [-0.1, -0.05) is 80.8 Å². The van der Waals surface area contributed by atoms with Gasteiger partial charge in [-0.25, -0.2) is 13.2 Å². The van der Waals surface area contributed by atoms with Gasteiger partial charge in [0.25, 0.3) is 0 Å². The Morgan fingerprint density at radius 1 is 0.611 bits per heavy atom. The van der Waals surface area contributed by atoms with Crippen LogP contribution in [0.2, 0.25) is 0 Å². The molecule has 4 rings (SSSR count). The molecule has 0 aliphatic rings. The summed E-state index contributed by atoms with van der Waals surface area (Å²) in [6.45, 7) is 2.21. The number of fused-ring (bicyclic) bond motifs is 1. The van der Waals surface area contributed by atoms with Crippen LogP contribution in [0.15, 0.2) is 60.7 Å². The van der Waals surface area contributed by atoms with E-state index in [1.54, 1.807) is 12.1 Å². The van der Waals surface area contributed by atoms with Crippen LogP contribution in [0.3, 0.4) is 0 Å². The first-order valence-electron chi connectivity index (χ1n) is 12.4. The minimum Gasteiger partial charge on any atom is -0.491 e. The van der Waals surface area contributed by atoms with Gasteiger partial charge < -0.3 is 4.74 Å². The highest BCUT2D eigenvalue weighted by Gasteiger charge is 2.23. The van der Waals surface area contributed by atoms with Gasteiger partial charge in [-0.3, -0.25) is 0 Å². The second-order valence-electron chi connectivity index (χ2n) is 9.18. The van der Waals surface area contributed by atoms with Crippen molar-refractivity contribution in [2.24, 2.45) is 0 Å². The van der Waals surface area contributed by atoms with Crippen LogP contribution in [-0.2, 0) is 19.3 Å². The zero-order valence-electron chi connectivity index (χ0n) is 20.6. The van der Waals surface area contributed by atoms with E-state index < -0.39 is 34.6 Å². The Morgan fingerprint density at radius 2 is 1.28 bits per heavy atom. The topological polar surface area (TPSA) is 9.23 Å². The minimum absolute atomic E-state index is 0.206. The molecule has 36 heavy (non-hydrogen) atoms. The first-order chi connectivity index (χ1) is 17.4. The summed E-state index contributed by atoms with van der Waals surface area (Å²) in [5.41, 5.74) is 2.96. The van der Waals surface area contributed by atoms with Crippen LogP contribution in [0.5, 0.6) is 5.75 Å². The second-order valence-corrected chi connectivity index (χ2v) is 9.18. The Balaban J connectivity index is 1.49. The first-order valence-corrected chi connectivity index (χ1v) is 12.4. The molecule has 0 aliphatic carbocycles. The average Bonchev–Trinajstić information content (AvgIpc) is 2.89. The van der Waals surface area contributed by atoms with Crippen molar-refractivity contribution in [2.45, 2.75) is 51.9 Å². The van der Waals surface area contributed by atoms with Gasteiger partial charge in [-0.2, -0.15) is 4.39 Å². The van der Waals surface area contributed by atoms with Crippen molar-refractivity contribution < 1.29 is 22.3 Å². The molecule has 4 aromatic carbocycles. The molecule has 0 N–H and O–H groups in total. The Labute approximate surface area is 209 Å². The lowest BCUT2D eigenvalue weighted by molar-refractivity contribution is 0.347. The molecule has 0 fully saturated rings. The Morgan fingerprint density at radius 3 is 1.97 bits per heavy atom. The van der Waals surface area contributed by atoms with Crippen molar-refractivity contribution >= 4 is 10.8 Å². The van der Waals surface area contributed by atoms with Crippen LogP contribution < -0.4 is 4.74 Å². The predicted molar refractivity (Wildman–Crippen MR) is 137 cm³/mol. The summed E-state index contributed by atoms with van der Waals surface area (Å²) in [5, 5.41) is 0.908. The van der Waals surface area contributed by atoms with Crippen LogP contribution in [-0.4, -0.2) is 7.11 Å². The molecule has 0 aromatic heterocycles. The van der Waals surface area contributed by atoms with Gasteiger partial charge in [0.1, 0.15) is 5.82 Å². The highest BCUT2D eigenvalue weighted by molar-refractivity contribution is 5.89. The predicted octanol–water partition coefficient (Wildman–Crippen LogP) is 8.98. The quantitative estimate of drug-likeness (QED) is 0.121. The van der Waals surface area contributed by atoms with Crippen molar-refractivity contribution in [1.29, 1.82) is 0 Å². The third-order valence-corrected chi connectivity index (χ3v) is 6.67. The normalized spacial score (nSPS) is 11.3. The maximum atomic E-state index is 15.3. The number of halogens is 4. The molecule has 0 unspecified atom stereocenters. The SMILES string of the molecule is CCCCCCc1ccc(CCc2ccc3c(F)c(-c4cc(F)c(OC)c(F)c4F)ccc3c2)cc1. The molecule has 0 radical (unpaired) electrons. The molecule has 4 aromatic rings. The number of hydrogen-bond acceptors (Lipinski definition) is 1. The van der Waals surface area contributed by atoms with Gasteiger partial charge in [0, 0.05) is 16.5 Å². The molecule has 188 valence electrons. The van der Waals surface area contributed by atoms with Crippen LogP contribution in [0.4, 0.5) is 17.6 Å². The van der Waals surface area contributed by atoms with Gasteiger partial charge in [0.05, 0.1) is 7.11 Å². The molecule has 0 saturated heterocycles. The summed E-state index contributed by atoms with van der Waals surface area (Å²) in [6, 6.07) is 17.9. The van der Waals surface area contributed by atoms with E-state index in [1.165, 1.54) is 42.9 Å². The molecule has 5 heteroatoms. The van der Waals surface area contributed by atoms with Crippen molar-refractivity contribution in [3.63, 3.8) is 0 Å². The molecule has 0 spiro atoms. The lowest BCUT2D eigenvalue weighted by Crippen LogP contribution is -2.00. The van der Waals surface area contributed by atoms with Crippen molar-refractivity contribution in [3.8, 4) is 16.9 Å². The zero-order chi connectivity index (χ0) is 25.7. The molecular weight excluding hydrogens is 464 g/mol. The molecule has 0 atom stereocenters. The molecular formula is C31H30F4O. The average molecular weight is 495 g/mol. The lowest BCUT2D eigenvalue weighted by atomic mass is 9.96. The summed E-state index contributed by atoms with van der Waals surface area (Å²) in [7, 11) is 1.04. The number of ether oxygens (including phenoxy) is 1. The number of unbranched alkanes of at least 4 members (excludes halogenated alkanes) is 3. The van der Waals surface area contributed by atoms with E-state index in [-0.39, 0.29) is 10.9 Å². The fourth-order valence-electron chi connectivity index (χ4n) is 4.58. The van der Waals surface area contributed by atoms with Gasteiger partial charge in [-0.05, 0) is 53.8 Å². The van der Waals surface area contributed by atoms with E-state index in [0.717, 1.165) is 38.0 Å². The summed E-state index contributed by atoms with van der Waals surface area (Å²) in [6.07, 6.45) is 7.77. The fraction of sp³-hybridized carbons (Fsp3) is 0.290. The standard InChI is InChI=1S/C31H30F4O/c1-3-4-5-6-7-20-8-10-21(11-9-20)12-13-22-14-16-24-23(18-22)15-17-25(28(24)33)26-19-27(32)31(36-2)30(35)29(26)34/h8-11,14-19H,3-7,12-13H2,1-2H3. The Kier molecular flexibility index (Phi) is 8.29. The van der Waals surface area contributed by atoms with E-state index in [4.69, 9.17) is 0 Å². The summed E-state index contributed by atoms with van der Waals surface area (Å²) < 4.78 is 62.7. The Bertz CT molecular complexity index is 1350. The van der Waals surface area contributed by atoms with E-state index in [0.29, 0.717) is 5.39 Å². The van der Waals surface area contributed by atoms with Gasteiger partial charge in [0.2, 0.25) is 5.82 Å². The van der Waals surface area contributed by atoms with Crippen LogP contribution in [0.25, 0.3) is 21.9 Å². The molecule has 1 nitrogen and oxygen atoms in total. The number of benzene rings is 4. The summed E-state index contributed by atoms with van der Waals surface area (Å²) in [5.74, 6) is -5.48. The van der Waals surface area contributed by atoms with E-state index in [1.807, 2.05) is 12.1 Å². The third-order valence-electron chi connectivity index (χ3n) is 6.67. The first kappa shape index (κ1) is 25.7. The highest BCUT2D eigenvalue weighted by atomic mass is 19.2.